The third kappa shape index (κ3) is 4.40. The van der Waals surface area contributed by atoms with Gasteiger partial charge in [-0.25, -0.2) is 0 Å². The topological polar surface area (TPSA) is 38.7 Å². The number of aliphatic hydroxyl groups is 1. The third-order valence-electron chi connectivity index (χ3n) is 3.60. The maximum atomic E-state index is 10.00. The second kappa shape index (κ2) is 7.25. The van der Waals surface area contributed by atoms with Crippen molar-refractivity contribution in [3.8, 4) is 0 Å². The maximum Gasteiger partial charge on any atom is 0.0580 e. The SMILES string of the molecule is CCOC1CC(CC(O)C(C)CCOC)C1. The van der Waals surface area contributed by atoms with E-state index in [1.165, 1.54) is 0 Å². The summed E-state index contributed by atoms with van der Waals surface area (Å²) in [7, 11) is 1.71. The Bertz CT molecular complexity index is 178. The van der Waals surface area contributed by atoms with E-state index in [4.69, 9.17) is 9.47 Å². The van der Waals surface area contributed by atoms with Crippen LogP contribution in [0.4, 0.5) is 0 Å². The van der Waals surface area contributed by atoms with Gasteiger partial charge in [-0.05, 0) is 44.4 Å². The van der Waals surface area contributed by atoms with Gasteiger partial charge in [0.15, 0.2) is 0 Å². The minimum atomic E-state index is -0.178. The molecule has 1 aliphatic rings. The fourth-order valence-corrected chi connectivity index (χ4v) is 2.31. The molecule has 0 bridgehead atoms. The van der Waals surface area contributed by atoms with Gasteiger partial charge in [0.1, 0.15) is 0 Å². The average molecular weight is 230 g/mol. The summed E-state index contributed by atoms with van der Waals surface area (Å²) in [4.78, 5) is 0. The Hall–Kier alpha value is -0.120. The van der Waals surface area contributed by atoms with E-state index in [1.807, 2.05) is 6.92 Å². The quantitative estimate of drug-likeness (QED) is 0.695. The zero-order valence-electron chi connectivity index (χ0n) is 10.8. The summed E-state index contributed by atoms with van der Waals surface area (Å²) >= 11 is 0. The Morgan fingerprint density at radius 2 is 2.06 bits per heavy atom. The smallest absolute Gasteiger partial charge is 0.0580 e. The van der Waals surface area contributed by atoms with E-state index in [-0.39, 0.29) is 6.10 Å². The van der Waals surface area contributed by atoms with E-state index >= 15 is 0 Å². The molecule has 3 heteroatoms. The molecule has 1 aliphatic carbocycles. The van der Waals surface area contributed by atoms with Gasteiger partial charge in [-0.1, -0.05) is 6.92 Å². The Balaban J connectivity index is 2.08. The molecule has 1 rings (SSSR count). The van der Waals surface area contributed by atoms with E-state index in [0.29, 0.717) is 17.9 Å². The van der Waals surface area contributed by atoms with Crippen molar-refractivity contribution in [1.82, 2.24) is 0 Å². The predicted octanol–water partition coefficient (Wildman–Crippen LogP) is 2.23. The largest absolute Gasteiger partial charge is 0.393 e. The van der Waals surface area contributed by atoms with Crippen LogP contribution in [0.15, 0.2) is 0 Å². The molecule has 0 radical (unpaired) electrons. The van der Waals surface area contributed by atoms with Crippen molar-refractivity contribution in [1.29, 1.82) is 0 Å². The lowest BCUT2D eigenvalue weighted by molar-refractivity contribution is -0.0440. The van der Waals surface area contributed by atoms with E-state index in [9.17, 15) is 5.11 Å². The van der Waals surface area contributed by atoms with E-state index in [1.54, 1.807) is 7.11 Å². The second-order valence-electron chi connectivity index (χ2n) is 4.98. The summed E-state index contributed by atoms with van der Waals surface area (Å²) in [5.41, 5.74) is 0. The van der Waals surface area contributed by atoms with Crippen molar-refractivity contribution in [2.75, 3.05) is 20.3 Å². The lowest BCUT2D eigenvalue weighted by atomic mass is 9.77. The molecule has 2 atom stereocenters. The van der Waals surface area contributed by atoms with Gasteiger partial charge in [0, 0.05) is 20.3 Å². The van der Waals surface area contributed by atoms with Gasteiger partial charge in [0.2, 0.25) is 0 Å². The van der Waals surface area contributed by atoms with Crippen LogP contribution < -0.4 is 0 Å². The van der Waals surface area contributed by atoms with Gasteiger partial charge >= 0.3 is 0 Å². The highest BCUT2D eigenvalue weighted by Gasteiger charge is 2.32. The number of hydrogen-bond acceptors (Lipinski definition) is 3. The first-order valence-corrected chi connectivity index (χ1v) is 6.46. The van der Waals surface area contributed by atoms with Crippen LogP contribution in [0.3, 0.4) is 0 Å². The molecular formula is C13H26O3. The van der Waals surface area contributed by atoms with Gasteiger partial charge in [-0.15, -0.1) is 0 Å². The molecule has 1 saturated carbocycles. The molecule has 2 unspecified atom stereocenters. The molecule has 0 saturated heterocycles. The monoisotopic (exact) mass is 230 g/mol. The Morgan fingerprint density at radius 1 is 1.38 bits per heavy atom. The maximum absolute atomic E-state index is 10.00. The Morgan fingerprint density at radius 3 is 2.62 bits per heavy atom. The number of ether oxygens (including phenoxy) is 2. The summed E-state index contributed by atoms with van der Waals surface area (Å²) in [5, 5.41) is 10.00. The molecule has 96 valence electrons. The molecule has 16 heavy (non-hydrogen) atoms. The normalized spacial score (nSPS) is 28.5. The van der Waals surface area contributed by atoms with Crippen molar-refractivity contribution >= 4 is 0 Å². The van der Waals surface area contributed by atoms with Gasteiger partial charge in [-0.3, -0.25) is 0 Å². The van der Waals surface area contributed by atoms with Crippen LogP contribution in [0.2, 0.25) is 0 Å². The van der Waals surface area contributed by atoms with Crippen molar-refractivity contribution in [3.05, 3.63) is 0 Å². The highest BCUT2D eigenvalue weighted by atomic mass is 16.5. The summed E-state index contributed by atoms with van der Waals surface area (Å²) in [6.45, 7) is 5.69. The Labute approximate surface area is 99.1 Å². The predicted molar refractivity (Wildman–Crippen MR) is 64.4 cm³/mol. The van der Waals surface area contributed by atoms with Gasteiger partial charge < -0.3 is 14.6 Å². The Kier molecular flexibility index (Phi) is 6.32. The van der Waals surface area contributed by atoms with Crippen LogP contribution in [0.5, 0.6) is 0 Å². The summed E-state index contributed by atoms with van der Waals surface area (Å²) in [6.07, 6.45) is 4.40. The third-order valence-corrected chi connectivity index (χ3v) is 3.60. The summed E-state index contributed by atoms with van der Waals surface area (Å²) < 4.78 is 10.5. The molecule has 3 nitrogen and oxygen atoms in total. The minimum Gasteiger partial charge on any atom is -0.393 e. The van der Waals surface area contributed by atoms with E-state index < -0.39 is 0 Å². The molecule has 0 aromatic rings. The molecule has 0 aliphatic heterocycles. The minimum absolute atomic E-state index is 0.178. The highest BCUT2D eigenvalue weighted by Crippen LogP contribution is 2.34. The average Bonchev–Trinajstić information content (AvgIpc) is 2.22. The molecule has 0 amide bonds. The molecule has 0 spiro atoms. The van der Waals surface area contributed by atoms with Crippen LogP contribution in [0, 0.1) is 11.8 Å². The fraction of sp³-hybridized carbons (Fsp3) is 1.00. The molecule has 1 fully saturated rings. The fourth-order valence-electron chi connectivity index (χ4n) is 2.31. The second-order valence-corrected chi connectivity index (χ2v) is 4.98. The summed E-state index contributed by atoms with van der Waals surface area (Å²) in [6, 6.07) is 0. The molecule has 0 heterocycles. The van der Waals surface area contributed by atoms with Crippen molar-refractivity contribution < 1.29 is 14.6 Å². The van der Waals surface area contributed by atoms with Crippen molar-refractivity contribution in [2.45, 2.75) is 51.7 Å². The van der Waals surface area contributed by atoms with Gasteiger partial charge in [0.25, 0.3) is 0 Å². The lowest BCUT2D eigenvalue weighted by Crippen LogP contribution is -2.35. The zero-order valence-corrected chi connectivity index (χ0v) is 10.8. The molecule has 0 aromatic carbocycles. The van der Waals surface area contributed by atoms with Crippen molar-refractivity contribution in [2.24, 2.45) is 11.8 Å². The lowest BCUT2D eigenvalue weighted by Gasteiger charge is -2.37. The number of methoxy groups -OCH3 is 1. The van der Waals surface area contributed by atoms with Crippen LogP contribution >= 0.6 is 0 Å². The standard InChI is InChI=1S/C13H26O3/c1-4-16-12-7-11(8-12)9-13(14)10(2)5-6-15-3/h10-14H,4-9H2,1-3H3. The van der Waals surface area contributed by atoms with Crippen LogP contribution in [-0.4, -0.2) is 37.6 Å². The first-order valence-electron chi connectivity index (χ1n) is 6.46. The van der Waals surface area contributed by atoms with Gasteiger partial charge in [-0.2, -0.15) is 0 Å². The number of aliphatic hydroxyl groups excluding tert-OH is 1. The van der Waals surface area contributed by atoms with Crippen LogP contribution in [0.25, 0.3) is 0 Å². The molecular weight excluding hydrogens is 204 g/mol. The number of rotatable bonds is 8. The molecule has 0 aromatic heterocycles. The first-order chi connectivity index (χ1) is 7.67. The van der Waals surface area contributed by atoms with Gasteiger partial charge in [0.05, 0.1) is 12.2 Å². The first kappa shape index (κ1) is 13.9. The summed E-state index contributed by atoms with van der Waals surface area (Å²) in [5.74, 6) is 1.00. The highest BCUT2D eigenvalue weighted by molar-refractivity contribution is 4.83. The van der Waals surface area contributed by atoms with E-state index in [0.717, 1.165) is 38.9 Å². The van der Waals surface area contributed by atoms with Crippen molar-refractivity contribution in [3.63, 3.8) is 0 Å². The number of hydrogen-bond donors (Lipinski definition) is 1. The van der Waals surface area contributed by atoms with Crippen LogP contribution in [0.1, 0.15) is 39.5 Å². The molecule has 1 N–H and O–H groups in total. The van der Waals surface area contributed by atoms with E-state index in [2.05, 4.69) is 6.92 Å². The van der Waals surface area contributed by atoms with Crippen LogP contribution in [-0.2, 0) is 9.47 Å². The zero-order chi connectivity index (χ0) is 12.0.